The summed E-state index contributed by atoms with van der Waals surface area (Å²) < 4.78 is 5.81. The monoisotopic (exact) mass is 337 g/mol. The predicted octanol–water partition coefficient (Wildman–Crippen LogP) is 3.52. The maximum atomic E-state index is 12.1. The highest BCUT2D eigenvalue weighted by Crippen LogP contribution is 2.32. The zero-order valence-corrected chi connectivity index (χ0v) is 14.6. The Balaban J connectivity index is 2.03. The number of anilines is 1. The van der Waals surface area contributed by atoms with Crippen LogP contribution < -0.4 is 10.1 Å². The Hall–Kier alpha value is -2.82. The molecule has 5 nitrogen and oxygen atoms in total. The molecule has 0 fully saturated rings. The summed E-state index contributed by atoms with van der Waals surface area (Å²) in [5.74, 6) is 0.968. The second kappa shape index (κ2) is 7.38. The lowest BCUT2D eigenvalue weighted by molar-refractivity contribution is -0.131. The first-order valence-corrected chi connectivity index (χ1v) is 8.53. The summed E-state index contributed by atoms with van der Waals surface area (Å²) >= 11 is 0. The van der Waals surface area contributed by atoms with Gasteiger partial charge in [0.2, 0.25) is 5.91 Å². The van der Waals surface area contributed by atoms with Gasteiger partial charge in [0.05, 0.1) is 6.54 Å². The molecule has 130 valence electrons. The van der Waals surface area contributed by atoms with E-state index < -0.39 is 0 Å². The molecule has 0 radical (unpaired) electrons. The minimum atomic E-state index is 0.138. The molecule has 1 aliphatic heterocycles. The Morgan fingerprint density at radius 3 is 2.92 bits per heavy atom. The second-order valence-electron chi connectivity index (χ2n) is 6.00. The smallest absolute Gasteiger partial charge is 0.222 e. The van der Waals surface area contributed by atoms with E-state index in [4.69, 9.17) is 10.1 Å². The summed E-state index contributed by atoms with van der Waals surface area (Å²) in [6.45, 7) is 3.56. The van der Waals surface area contributed by atoms with E-state index in [0.717, 1.165) is 33.7 Å². The molecule has 0 atom stereocenters. The first kappa shape index (κ1) is 17.0. The van der Waals surface area contributed by atoms with Gasteiger partial charge in [0.15, 0.2) is 0 Å². The Morgan fingerprint density at radius 2 is 2.20 bits per heavy atom. The third-order valence-corrected chi connectivity index (χ3v) is 4.53. The normalized spacial score (nSPS) is 13.4. The summed E-state index contributed by atoms with van der Waals surface area (Å²) in [4.78, 5) is 13.9. The van der Waals surface area contributed by atoms with Crippen LogP contribution in [0.2, 0.25) is 0 Å². The van der Waals surface area contributed by atoms with Gasteiger partial charge >= 0.3 is 0 Å². The van der Waals surface area contributed by atoms with E-state index in [9.17, 15) is 4.79 Å². The number of hydrogen-bond acceptors (Lipinski definition) is 4. The van der Waals surface area contributed by atoms with E-state index in [1.54, 1.807) is 0 Å². The van der Waals surface area contributed by atoms with Gasteiger partial charge in [-0.25, -0.2) is 0 Å². The van der Waals surface area contributed by atoms with Gasteiger partial charge in [0.1, 0.15) is 12.4 Å². The van der Waals surface area contributed by atoms with Crippen LogP contribution in [0, 0.1) is 5.41 Å². The molecule has 5 heteroatoms. The van der Waals surface area contributed by atoms with E-state index >= 15 is 0 Å². The third kappa shape index (κ3) is 3.36. The van der Waals surface area contributed by atoms with Crippen LogP contribution in [0.5, 0.6) is 5.75 Å². The average molecular weight is 337 g/mol. The number of rotatable bonds is 4. The molecule has 0 aromatic heterocycles. The van der Waals surface area contributed by atoms with Crippen molar-refractivity contribution >= 4 is 17.8 Å². The van der Waals surface area contributed by atoms with Crippen molar-refractivity contribution in [3.63, 3.8) is 0 Å². The maximum absolute atomic E-state index is 12.1. The molecule has 2 aromatic rings. The third-order valence-electron chi connectivity index (χ3n) is 4.53. The van der Waals surface area contributed by atoms with Crippen LogP contribution in [0.4, 0.5) is 5.69 Å². The van der Waals surface area contributed by atoms with Crippen molar-refractivity contribution in [2.75, 3.05) is 25.5 Å². The molecule has 2 N–H and O–H groups in total. The van der Waals surface area contributed by atoms with Gasteiger partial charge in [0, 0.05) is 43.0 Å². The Bertz CT molecular complexity index is 802. The molecular weight excluding hydrogens is 314 g/mol. The Kier molecular flexibility index (Phi) is 5.03. The average Bonchev–Trinajstić information content (AvgIpc) is 2.88. The van der Waals surface area contributed by atoms with Gasteiger partial charge in [0.25, 0.3) is 0 Å². The molecule has 1 amide bonds. The summed E-state index contributed by atoms with van der Waals surface area (Å²) in [5, 5.41) is 10.9. The number of fused-ring (bicyclic) bond motifs is 1. The molecule has 0 aliphatic carbocycles. The van der Waals surface area contributed by atoms with Crippen molar-refractivity contribution in [1.82, 2.24) is 4.90 Å². The van der Waals surface area contributed by atoms with Gasteiger partial charge in [-0.3, -0.25) is 4.79 Å². The van der Waals surface area contributed by atoms with Crippen LogP contribution in [-0.2, 0) is 11.3 Å². The van der Waals surface area contributed by atoms with E-state index in [1.165, 1.54) is 6.21 Å². The van der Waals surface area contributed by atoms with Crippen molar-refractivity contribution in [3.05, 3.63) is 47.5 Å². The number of benzene rings is 2. The number of nitrogens with zero attached hydrogens (tertiary/aromatic N) is 1. The zero-order valence-electron chi connectivity index (χ0n) is 14.6. The Morgan fingerprint density at radius 1 is 1.36 bits per heavy atom. The van der Waals surface area contributed by atoms with Crippen LogP contribution in [-0.4, -0.2) is 37.2 Å². The van der Waals surface area contributed by atoms with Crippen molar-refractivity contribution in [2.45, 2.75) is 19.9 Å². The lowest BCUT2D eigenvalue weighted by Crippen LogP contribution is -2.31. The van der Waals surface area contributed by atoms with Gasteiger partial charge in [-0.1, -0.05) is 25.1 Å². The Labute approximate surface area is 148 Å². The van der Waals surface area contributed by atoms with Gasteiger partial charge < -0.3 is 20.4 Å². The molecule has 0 saturated carbocycles. The van der Waals surface area contributed by atoms with E-state index in [-0.39, 0.29) is 5.91 Å². The van der Waals surface area contributed by atoms with Crippen molar-refractivity contribution in [2.24, 2.45) is 0 Å². The highest BCUT2D eigenvalue weighted by molar-refractivity contribution is 5.95. The van der Waals surface area contributed by atoms with Crippen LogP contribution in [0.3, 0.4) is 0 Å². The quantitative estimate of drug-likeness (QED) is 0.839. The molecule has 25 heavy (non-hydrogen) atoms. The molecule has 1 aliphatic rings. The molecule has 0 saturated heterocycles. The fourth-order valence-electron chi connectivity index (χ4n) is 3.19. The summed E-state index contributed by atoms with van der Waals surface area (Å²) in [6.07, 6.45) is 1.87. The van der Waals surface area contributed by atoms with Crippen molar-refractivity contribution in [3.8, 4) is 16.9 Å². The number of carbonyl (C=O) groups is 1. The van der Waals surface area contributed by atoms with Gasteiger partial charge in [-0.15, -0.1) is 0 Å². The van der Waals surface area contributed by atoms with Crippen LogP contribution in [0.1, 0.15) is 24.5 Å². The highest BCUT2D eigenvalue weighted by atomic mass is 16.5. The largest absolute Gasteiger partial charge is 0.491 e. The zero-order chi connectivity index (χ0) is 17.8. The lowest BCUT2D eigenvalue weighted by atomic mass is 9.96. The van der Waals surface area contributed by atoms with Crippen LogP contribution in [0.15, 0.2) is 36.4 Å². The molecule has 0 spiro atoms. The van der Waals surface area contributed by atoms with E-state index in [0.29, 0.717) is 26.1 Å². The number of hydrogen-bond donors (Lipinski definition) is 2. The summed E-state index contributed by atoms with van der Waals surface area (Å²) in [6, 6.07) is 12.0. The van der Waals surface area contributed by atoms with Crippen molar-refractivity contribution in [1.29, 1.82) is 5.41 Å². The second-order valence-corrected chi connectivity index (χ2v) is 6.00. The topological polar surface area (TPSA) is 65.4 Å². The van der Waals surface area contributed by atoms with Gasteiger partial charge in [-0.2, -0.15) is 0 Å². The van der Waals surface area contributed by atoms with Gasteiger partial charge in [-0.05, 0) is 29.3 Å². The standard InChI is InChI=1S/C20H23N3O2/c1-3-20(24)23-9-10-25-19-8-7-14(11-15(19)13-23)16-5-4-6-18(22-2)17(16)12-21/h4-8,11-12,21-22H,3,9-10,13H2,1-2H3. The fraction of sp³-hybridized carbons (Fsp3) is 0.300. The lowest BCUT2D eigenvalue weighted by Gasteiger charge is -2.19. The molecular formula is C20H23N3O2. The first-order valence-electron chi connectivity index (χ1n) is 8.53. The fourth-order valence-corrected chi connectivity index (χ4v) is 3.19. The first-order chi connectivity index (χ1) is 12.2. The summed E-state index contributed by atoms with van der Waals surface area (Å²) in [7, 11) is 1.85. The molecule has 3 rings (SSSR count). The number of ether oxygens (including phenoxy) is 1. The number of carbonyl (C=O) groups excluding carboxylic acids is 1. The molecule has 0 unspecified atom stereocenters. The summed E-state index contributed by atoms with van der Waals surface area (Å²) in [5.41, 5.74) is 4.77. The van der Waals surface area contributed by atoms with Crippen LogP contribution in [0.25, 0.3) is 11.1 Å². The molecule has 2 aromatic carbocycles. The SMILES string of the molecule is CCC(=O)N1CCOc2ccc(-c3cccc(NC)c3C=N)cc2C1. The van der Waals surface area contributed by atoms with E-state index in [2.05, 4.69) is 11.4 Å². The highest BCUT2D eigenvalue weighted by Gasteiger charge is 2.19. The number of nitrogens with one attached hydrogen (secondary N) is 2. The maximum Gasteiger partial charge on any atom is 0.222 e. The minimum absolute atomic E-state index is 0.138. The van der Waals surface area contributed by atoms with E-state index in [1.807, 2.05) is 49.2 Å². The van der Waals surface area contributed by atoms with Crippen LogP contribution >= 0.6 is 0 Å². The molecule has 1 heterocycles. The van der Waals surface area contributed by atoms with Crippen molar-refractivity contribution < 1.29 is 9.53 Å². The number of amides is 1. The predicted molar refractivity (Wildman–Crippen MR) is 101 cm³/mol. The molecule has 0 bridgehead atoms. The minimum Gasteiger partial charge on any atom is -0.491 e.